The number of hydrogen-bond acceptors (Lipinski definition) is 5. The fourth-order valence-corrected chi connectivity index (χ4v) is 5.63. The van der Waals surface area contributed by atoms with Crippen LogP contribution in [0.5, 0.6) is 0 Å². The third kappa shape index (κ3) is 3.69. The van der Waals surface area contributed by atoms with E-state index < -0.39 is 10.0 Å². The van der Waals surface area contributed by atoms with Crippen LogP contribution >= 0.6 is 38.6 Å². The van der Waals surface area contributed by atoms with Gasteiger partial charge in [0.2, 0.25) is 0 Å². The predicted octanol–water partition coefficient (Wildman–Crippen LogP) is 3.11. The Labute approximate surface area is 135 Å². The molecule has 0 aromatic carbocycles. The summed E-state index contributed by atoms with van der Waals surface area (Å²) in [6.45, 7) is 1.06. The molecule has 2 aromatic heterocycles. The van der Waals surface area contributed by atoms with Crippen LogP contribution in [0.25, 0.3) is 0 Å². The van der Waals surface area contributed by atoms with Crippen LogP contribution in [0.4, 0.5) is 0 Å². The molecule has 1 N–H and O–H groups in total. The number of hydrogen-bond donors (Lipinski definition) is 1. The average Bonchev–Trinajstić information content (AvgIpc) is 2.99. The highest BCUT2D eigenvalue weighted by Gasteiger charge is 2.23. The minimum Gasteiger partial charge on any atom is -0.315 e. The van der Waals surface area contributed by atoms with Crippen molar-refractivity contribution in [1.82, 2.24) is 9.62 Å². The molecule has 8 heteroatoms. The standard InChI is InChI=1S/C12H15BrN2O2S3/c1-14-6-10-3-4-12(19-10)20(16,17)15(2)7-9-5-11(13)18-8-9/h3-5,8,14H,6-7H2,1-2H3. The van der Waals surface area contributed by atoms with Crippen molar-refractivity contribution in [3.05, 3.63) is 37.8 Å². The summed E-state index contributed by atoms with van der Waals surface area (Å²) in [5, 5.41) is 4.97. The zero-order valence-electron chi connectivity index (χ0n) is 11.1. The number of sulfonamides is 1. The van der Waals surface area contributed by atoms with Crippen molar-refractivity contribution in [2.45, 2.75) is 17.3 Å². The van der Waals surface area contributed by atoms with Gasteiger partial charge in [-0.25, -0.2) is 8.42 Å². The van der Waals surface area contributed by atoms with Crippen molar-refractivity contribution in [1.29, 1.82) is 0 Å². The van der Waals surface area contributed by atoms with E-state index in [-0.39, 0.29) is 0 Å². The third-order valence-corrected chi connectivity index (χ3v) is 7.59. The molecule has 0 amide bonds. The molecule has 0 fully saturated rings. The zero-order valence-corrected chi connectivity index (χ0v) is 15.1. The highest BCUT2D eigenvalue weighted by molar-refractivity contribution is 9.11. The summed E-state index contributed by atoms with van der Waals surface area (Å²) in [5.74, 6) is 0. The van der Waals surface area contributed by atoms with Gasteiger partial charge in [-0.3, -0.25) is 0 Å². The smallest absolute Gasteiger partial charge is 0.252 e. The van der Waals surface area contributed by atoms with Gasteiger partial charge in [-0.15, -0.1) is 22.7 Å². The first-order chi connectivity index (χ1) is 9.43. The van der Waals surface area contributed by atoms with Crippen LogP contribution in [0.1, 0.15) is 10.4 Å². The Kier molecular flexibility index (Phi) is 5.38. The second-order valence-corrected chi connectivity index (χ2v) is 10.0. The predicted molar refractivity (Wildman–Crippen MR) is 87.8 cm³/mol. The van der Waals surface area contributed by atoms with Crippen molar-refractivity contribution in [2.24, 2.45) is 0 Å². The van der Waals surface area contributed by atoms with Crippen LogP contribution in [-0.4, -0.2) is 26.8 Å². The first-order valence-electron chi connectivity index (χ1n) is 5.86. The highest BCUT2D eigenvalue weighted by atomic mass is 79.9. The van der Waals surface area contributed by atoms with Gasteiger partial charge in [0.15, 0.2) is 0 Å². The minimum atomic E-state index is -3.41. The molecule has 2 heterocycles. The lowest BCUT2D eigenvalue weighted by atomic mass is 10.3. The van der Waals surface area contributed by atoms with Crippen LogP contribution in [0.2, 0.25) is 0 Å². The topological polar surface area (TPSA) is 49.4 Å². The molecule has 2 rings (SSSR count). The average molecular weight is 395 g/mol. The monoisotopic (exact) mass is 394 g/mol. The van der Waals surface area contributed by atoms with E-state index in [9.17, 15) is 8.42 Å². The van der Waals surface area contributed by atoms with Gasteiger partial charge in [-0.05, 0) is 52.1 Å². The lowest BCUT2D eigenvalue weighted by Crippen LogP contribution is -2.25. The summed E-state index contributed by atoms with van der Waals surface area (Å²) in [6.07, 6.45) is 0. The van der Waals surface area contributed by atoms with Crippen LogP contribution in [0.3, 0.4) is 0 Å². The number of nitrogens with zero attached hydrogens (tertiary/aromatic N) is 1. The summed E-state index contributed by atoms with van der Waals surface area (Å²) < 4.78 is 27.7. The molecule has 0 saturated carbocycles. The number of halogens is 1. The van der Waals surface area contributed by atoms with E-state index in [0.29, 0.717) is 17.3 Å². The molecule has 0 radical (unpaired) electrons. The third-order valence-electron chi connectivity index (χ3n) is 2.68. The van der Waals surface area contributed by atoms with E-state index in [2.05, 4.69) is 21.2 Å². The first kappa shape index (κ1) is 16.1. The SMILES string of the molecule is CNCc1ccc(S(=O)(=O)N(C)Cc2csc(Br)c2)s1. The molecule has 0 bridgehead atoms. The van der Waals surface area contributed by atoms with Gasteiger partial charge in [0.1, 0.15) is 4.21 Å². The van der Waals surface area contributed by atoms with E-state index in [1.807, 2.05) is 24.6 Å². The van der Waals surface area contributed by atoms with Crippen molar-refractivity contribution in [3.63, 3.8) is 0 Å². The van der Waals surface area contributed by atoms with Gasteiger partial charge < -0.3 is 5.32 Å². The van der Waals surface area contributed by atoms with Gasteiger partial charge in [-0.2, -0.15) is 4.31 Å². The Morgan fingerprint density at radius 2 is 2.15 bits per heavy atom. The maximum absolute atomic E-state index is 12.5. The fraction of sp³-hybridized carbons (Fsp3) is 0.333. The molecular weight excluding hydrogens is 380 g/mol. The summed E-state index contributed by atoms with van der Waals surface area (Å²) in [4.78, 5) is 1.01. The molecule has 4 nitrogen and oxygen atoms in total. The van der Waals surface area contributed by atoms with E-state index in [1.165, 1.54) is 15.6 Å². The van der Waals surface area contributed by atoms with E-state index in [0.717, 1.165) is 14.2 Å². The Morgan fingerprint density at radius 1 is 1.40 bits per heavy atom. The second kappa shape index (κ2) is 6.67. The van der Waals surface area contributed by atoms with Gasteiger partial charge in [0, 0.05) is 25.0 Å². The van der Waals surface area contributed by atoms with Crippen LogP contribution in [-0.2, 0) is 23.1 Å². The molecule has 0 unspecified atom stereocenters. The Hall–Kier alpha value is -0.250. The Morgan fingerprint density at radius 3 is 2.75 bits per heavy atom. The van der Waals surface area contributed by atoms with E-state index in [4.69, 9.17) is 0 Å². The number of nitrogens with one attached hydrogen (secondary N) is 1. The Balaban J connectivity index is 2.15. The Bertz CT molecular complexity index is 678. The summed E-state index contributed by atoms with van der Waals surface area (Å²) in [6, 6.07) is 5.47. The maximum atomic E-state index is 12.5. The second-order valence-electron chi connectivity index (χ2n) is 4.27. The highest BCUT2D eigenvalue weighted by Crippen LogP contribution is 2.27. The number of rotatable bonds is 6. The van der Waals surface area contributed by atoms with Crippen molar-refractivity contribution in [2.75, 3.05) is 14.1 Å². The molecule has 2 aromatic rings. The molecule has 0 aliphatic carbocycles. The van der Waals surface area contributed by atoms with Crippen molar-refractivity contribution < 1.29 is 8.42 Å². The van der Waals surface area contributed by atoms with Gasteiger partial charge in [0.25, 0.3) is 10.0 Å². The lowest BCUT2D eigenvalue weighted by molar-refractivity contribution is 0.469. The molecule has 0 aliphatic rings. The molecule has 0 spiro atoms. The molecule has 0 atom stereocenters. The maximum Gasteiger partial charge on any atom is 0.252 e. The lowest BCUT2D eigenvalue weighted by Gasteiger charge is -2.15. The van der Waals surface area contributed by atoms with Gasteiger partial charge >= 0.3 is 0 Å². The summed E-state index contributed by atoms with van der Waals surface area (Å²) >= 11 is 6.25. The fourth-order valence-electron chi connectivity index (χ4n) is 1.69. The van der Waals surface area contributed by atoms with Gasteiger partial charge in [-0.1, -0.05) is 0 Å². The largest absolute Gasteiger partial charge is 0.315 e. The van der Waals surface area contributed by atoms with Crippen molar-refractivity contribution >= 4 is 48.6 Å². The van der Waals surface area contributed by atoms with Crippen LogP contribution < -0.4 is 5.32 Å². The molecule has 110 valence electrons. The summed E-state index contributed by atoms with van der Waals surface area (Å²) in [7, 11) is 0.0392. The normalized spacial score (nSPS) is 12.2. The quantitative estimate of drug-likeness (QED) is 0.818. The minimum absolute atomic E-state index is 0.379. The van der Waals surface area contributed by atoms with Crippen LogP contribution in [0, 0.1) is 0 Å². The first-order valence-corrected chi connectivity index (χ1v) is 9.79. The van der Waals surface area contributed by atoms with E-state index in [1.54, 1.807) is 24.5 Å². The zero-order chi connectivity index (χ0) is 14.8. The van der Waals surface area contributed by atoms with Crippen molar-refractivity contribution in [3.8, 4) is 0 Å². The van der Waals surface area contributed by atoms with E-state index >= 15 is 0 Å². The number of thiophene rings is 2. The molecular formula is C12H15BrN2O2S3. The molecule has 0 saturated heterocycles. The molecule has 0 aliphatic heterocycles. The van der Waals surface area contributed by atoms with Gasteiger partial charge in [0.05, 0.1) is 3.79 Å². The van der Waals surface area contributed by atoms with Crippen LogP contribution in [0.15, 0.2) is 31.6 Å². The molecule has 20 heavy (non-hydrogen) atoms. The summed E-state index contributed by atoms with van der Waals surface area (Å²) in [5.41, 5.74) is 0.986.